The number of anilines is 1. The summed E-state index contributed by atoms with van der Waals surface area (Å²) in [5.41, 5.74) is 2.97. The number of aliphatic hydroxyl groups is 1. The molecule has 8 nitrogen and oxygen atoms in total. The van der Waals surface area contributed by atoms with Gasteiger partial charge in [0.05, 0.1) is 28.7 Å². The number of benzene rings is 2. The fourth-order valence-corrected chi connectivity index (χ4v) is 6.79. The highest BCUT2D eigenvalue weighted by Gasteiger charge is 2.53. The quantitative estimate of drug-likeness (QED) is 0.227. The van der Waals surface area contributed by atoms with E-state index in [9.17, 15) is 14.7 Å². The molecule has 3 aromatic rings. The summed E-state index contributed by atoms with van der Waals surface area (Å²) in [6.45, 7) is 7.26. The average molecular weight is 599 g/mol. The topological polar surface area (TPSA) is 113 Å². The van der Waals surface area contributed by atoms with Crippen molar-refractivity contribution in [1.82, 2.24) is 15.6 Å². The van der Waals surface area contributed by atoms with Gasteiger partial charge in [0.15, 0.2) is 0 Å². The molecule has 4 N–H and O–H groups in total. The summed E-state index contributed by atoms with van der Waals surface area (Å²) in [6, 6.07) is 20.5. The first kappa shape index (κ1) is 31.7. The zero-order valence-electron chi connectivity index (χ0n) is 26.6. The highest BCUT2D eigenvalue weighted by atomic mass is 16.6. The Hall–Kier alpha value is -3.75. The second-order valence-corrected chi connectivity index (χ2v) is 13.9. The molecule has 2 aromatic carbocycles. The molecule has 5 rings (SSSR count). The highest BCUT2D eigenvalue weighted by molar-refractivity contribution is 5.93. The number of nitrogens with one attached hydrogen (secondary N) is 3. The van der Waals surface area contributed by atoms with E-state index in [-0.39, 0.29) is 5.91 Å². The van der Waals surface area contributed by atoms with Crippen molar-refractivity contribution in [2.75, 3.05) is 12.4 Å². The fourth-order valence-electron chi connectivity index (χ4n) is 6.79. The lowest BCUT2D eigenvalue weighted by atomic mass is 9.62. The molecule has 0 aliphatic heterocycles. The Morgan fingerprint density at radius 2 is 1.64 bits per heavy atom. The predicted octanol–water partition coefficient (Wildman–Crippen LogP) is 6.79. The monoisotopic (exact) mass is 598 g/mol. The Morgan fingerprint density at radius 1 is 0.977 bits per heavy atom. The predicted molar refractivity (Wildman–Crippen MR) is 174 cm³/mol. The maximum Gasteiger partial charge on any atom is 0.408 e. The maximum absolute atomic E-state index is 13.0. The summed E-state index contributed by atoms with van der Waals surface area (Å²) in [5.74, 6) is 0.432. The molecule has 0 spiro atoms. The lowest BCUT2D eigenvalue weighted by Crippen LogP contribution is -2.62. The first-order valence-electron chi connectivity index (χ1n) is 15.7. The van der Waals surface area contributed by atoms with E-state index in [0.717, 1.165) is 53.6 Å². The van der Waals surface area contributed by atoms with Gasteiger partial charge in [-0.3, -0.25) is 9.78 Å². The van der Waals surface area contributed by atoms with Crippen molar-refractivity contribution in [3.05, 3.63) is 72.4 Å². The van der Waals surface area contributed by atoms with Crippen molar-refractivity contribution in [3.63, 3.8) is 0 Å². The second-order valence-electron chi connectivity index (χ2n) is 13.9. The van der Waals surface area contributed by atoms with Crippen LogP contribution in [0.5, 0.6) is 0 Å². The van der Waals surface area contributed by atoms with Crippen molar-refractivity contribution in [2.45, 2.75) is 95.4 Å². The molecule has 2 saturated carbocycles. The largest absolute Gasteiger partial charge is 0.444 e. The van der Waals surface area contributed by atoms with Crippen LogP contribution >= 0.6 is 0 Å². The van der Waals surface area contributed by atoms with Crippen LogP contribution in [0.2, 0.25) is 0 Å². The van der Waals surface area contributed by atoms with E-state index in [1.165, 1.54) is 0 Å². The lowest BCUT2D eigenvalue weighted by molar-refractivity contribution is -0.117. The zero-order chi connectivity index (χ0) is 31.5. The number of amides is 2. The summed E-state index contributed by atoms with van der Waals surface area (Å²) in [4.78, 5) is 30.5. The molecule has 2 amide bonds. The van der Waals surface area contributed by atoms with E-state index in [2.05, 4.69) is 16.0 Å². The summed E-state index contributed by atoms with van der Waals surface area (Å²) in [7, 11) is 2.01. The van der Waals surface area contributed by atoms with Crippen molar-refractivity contribution in [1.29, 1.82) is 0 Å². The van der Waals surface area contributed by atoms with Crippen molar-refractivity contribution < 1.29 is 19.4 Å². The Morgan fingerprint density at radius 3 is 2.23 bits per heavy atom. The van der Waals surface area contributed by atoms with Crippen LogP contribution in [0.1, 0.15) is 78.2 Å². The van der Waals surface area contributed by atoms with Crippen LogP contribution in [0.25, 0.3) is 22.4 Å². The minimum atomic E-state index is -0.873. The van der Waals surface area contributed by atoms with Crippen molar-refractivity contribution >= 4 is 17.7 Å². The molecule has 2 aliphatic carbocycles. The van der Waals surface area contributed by atoms with Gasteiger partial charge in [0.25, 0.3) is 0 Å². The maximum atomic E-state index is 13.0. The molecular formula is C36H46N4O4. The number of alkyl carbamates (subject to hydrolysis) is 1. The van der Waals surface area contributed by atoms with Gasteiger partial charge in [-0.2, -0.15) is 0 Å². The molecule has 2 fully saturated rings. The smallest absolute Gasteiger partial charge is 0.408 e. The van der Waals surface area contributed by atoms with E-state index in [1.54, 1.807) is 13.1 Å². The number of ether oxygens (including phenoxy) is 1. The molecule has 234 valence electrons. The van der Waals surface area contributed by atoms with E-state index in [0.29, 0.717) is 36.9 Å². The summed E-state index contributed by atoms with van der Waals surface area (Å²) < 4.78 is 5.53. The van der Waals surface area contributed by atoms with Gasteiger partial charge in [-0.05, 0) is 83.5 Å². The minimum Gasteiger partial charge on any atom is -0.444 e. The van der Waals surface area contributed by atoms with E-state index < -0.39 is 22.8 Å². The third-order valence-electron chi connectivity index (χ3n) is 8.80. The Kier molecular flexibility index (Phi) is 9.14. The highest BCUT2D eigenvalue weighted by Crippen LogP contribution is 2.48. The van der Waals surface area contributed by atoms with Gasteiger partial charge < -0.3 is 25.8 Å². The molecule has 2 aliphatic rings. The van der Waals surface area contributed by atoms with Crippen LogP contribution in [-0.4, -0.2) is 46.4 Å². The lowest BCUT2D eigenvalue weighted by Gasteiger charge is -2.52. The van der Waals surface area contributed by atoms with E-state index in [4.69, 9.17) is 9.72 Å². The van der Waals surface area contributed by atoms with Gasteiger partial charge in [0, 0.05) is 36.4 Å². The number of hydrogen-bond acceptors (Lipinski definition) is 6. The molecule has 0 bridgehead atoms. The molecule has 0 atom stereocenters. The average Bonchev–Trinajstić information content (AvgIpc) is 2.96. The third-order valence-corrected chi connectivity index (χ3v) is 8.80. The molecule has 0 radical (unpaired) electrons. The van der Waals surface area contributed by atoms with Crippen LogP contribution in [0.15, 0.2) is 66.9 Å². The summed E-state index contributed by atoms with van der Waals surface area (Å²) in [5, 5.41) is 20.1. The Labute approximate surface area is 261 Å². The van der Waals surface area contributed by atoms with Crippen LogP contribution < -0.4 is 16.0 Å². The summed E-state index contributed by atoms with van der Waals surface area (Å²) in [6.07, 6.45) is 6.86. The fraction of sp³-hybridized carbons (Fsp3) is 0.472. The molecule has 44 heavy (non-hydrogen) atoms. The van der Waals surface area contributed by atoms with Gasteiger partial charge in [-0.1, -0.05) is 54.6 Å². The normalized spacial score (nSPS) is 25.0. The number of carbonyl (C=O) groups excluding carboxylic acids is 2. The van der Waals surface area contributed by atoms with E-state index in [1.807, 2.05) is 88.5 Å². The number of nitrogens with zero attached hydrogens (tertiary/aromatic N) is 1. The standard InChI is InChI=1S/C36H46N4O4/c1-34(2,3)44-33(42)40-36(22-35(4,43)23-36)27-15-13-26(14-16-27)32-30(25-9-7-6-8-10-25)20-29(21-38-32)39-31(41)19-24-11-17-28(37-5)18-12-24/h6-10,13-16,20-21,24,28,37,43H,11-12,17-19,22-23H2,1-5H3,(H,39,41)(H,40,42). The molecule has 0 saturated heterocycles. The number of aromatic nitrogens is 1. The van der Waals surface area contributed by atoms with E-state index >= 15 is 0 Å². The molecular weight excluding hydrogens is 552 g/mol. The van der Waals surface area contributed by atoms with Crippen molar-refractivity contribution in [3.8, 4) is 22.4 Å². The van der Waals surface area contributed by atoms with Crippen LogP contribution in [0.4, 0.5) is 10.5 Å². The SMILES string of the molecule is CNC1CCC(CC(=O)Nc2cnc(-c3ccc(C4(NC(=O)OC(C)(C)C)CC(C)(O)C4)cc3)c(-c3ccccc3)c2)CC1. The van der Waals surface area contributed by atoms with Gasteiger partial charge in [0.2, 0.25) is 5.91 Å². The first-order valence-corrected chi connectivity index (χ1v) is 15.7. The number of pyridine rings is 1. The van der Waals surface area contributed by atoms with Crippen LogP contribution in [0.3, 0.4) is 0 Å². The number of hydrogen-bond donors (Lipinski definition) is 4. The number of rotatable bonds is 8. The minimum absolute atomic E-state index is 0.0231. The number of carbonyl (C=O) groups is 2. The van der Waals surface area contributed by atoms with Gasteiger partial charge in [-0.25, -0.2) is 4.79 Å². The Balaban J connectivity index is 1.37. The summed E-state index contributed by atoms with van der Waals surface area (Å²) >= 11 is 0. The molecule has 1 heterocycles. The van der Waals surface area contributed by atoms with Crippen molar-refractivity contribution in [2.24, 2.45) is 5.92 Å². The van der Waals surface area contributed by atoms with Gasteiger partial charge in [-0.15, -0.1) is 0 Å². The Bertz CT molecular complexity index is 1450. The van der Waals surface area contributed by atoms with Gasteiger partial charge >= 0.3 is 6.09 Å². The first-order chi connectivity index (χ1) is 20.8. The van der Waals surface area contributed by atoms with Gasteiger partial charge in [0.1, 0.15) is 5.60 Å². The molecule has 8 heteroatoms. The third kappa shape index (κ3) is 7.66. The molecule has 1 aromatic heterocycles. The molecule has 0 unspecified atom stereocenters. The zero-order valence-corrected chi connectivity index (χ0v) is 26.6. The van der Waals surface area contributed by atoms with Crippen LogP contribution in [0, 0.1) is 5.92 Å². The van der Waals surface area contributed by atoms with Crippen LogP contribution in [-0.2, 0) is 15.1 Å². The second kappa shape index (κ2) is 12.7.